The molecule has 0 bridgehead atoms. The summed E-state index contributed by atoms with van der Waals surface area (Å²) >= 11 is 6.03. The molecule has 24 heavy (non-hydrogen) atoms. The van der Waals surface area contributed by atoms with Gasteiger partial charge in [-0.1, -0.05) is 22.8 Å². The van der Waals surface area contributed by atoms with E-state index in [1.807, 2.05) is 30.5 Å². The third kappa shape index (κ3) is 2.93. The quantitative estimate of drug-likeness (QED) is 0.785. The molecule has 4 rings (SSSR count). The lowest BCUT2D eigenvalue weighted by Crippen LogP contribution is -2.44. The molecule has 124 valence electrons. The lowest BCUT2D eigenvalue weighted by Gasteiger charge is -2.30. The van der Waals surface area contributed by atoms with Gasteiger partial charge >= 0.3 is 0 Å². The molecule has 0 aliphatic carbocycles. The molecule has 1 aliphatic heterocycles. The second-order valence-electron chi connectivity index (χ2n) is 5.81. The van der Waals surface area contributed by atoms with E-state index in [9.17, 15) is 0 Å². The average Bonchev–Trinajstić information content (AvgIpc) is 3.25. The van der Waals surface area contributed by atoms with Gasteiger partial charge in [0.25, 0.3) is 5.89 Å². The normalized spacial score (nSPS) is 18.8. The molecule has 1 fully saturated rings. The second-order valence-corrected chi connectivity index (χ2v) is 6.25. The Morgan fingerprint density at radius 3 is 3.12 bits per heavy atom. The lowest BCUT2D eigenvalue weighted by molar-refractivity contribution is 0.190. The van der Waals surface area contributed by atoms with Crippen LogP contribution in [0.2, 0.25) is 5.02 Å². The van der Waals surface area contributed by atoms with E-state index in [2.05, 4.69) is 32.5 Å². The predicted molar refractivity (Wildman–Crippen MR) is 90.1 cm³/mol. The summed E-state index contributed by atoms with van der Waals surface area (Å²) in [6.45, 7) is 2.75. The second kappa shape index (κ2) is 6.35. The number of nitrogens with zero attached hydrogens (tertiary/aromatic N) is 5. The summed E-state index contributed by atoms with van der Waals surface area (Å²) < 4.78 is 7.17. The molecule has 3 aromatic rings. The van der Waals surface area contributed by atoms with Gasteiger partial charge in [0, 0.05) is 30.9 Å². The third-order valence-electron chi connectivity index (χ3n) is 4.15. The van der Waals surface area contributed by atoms with Crippen LogP contribution in [0.3, 0.4) is 0 Å². The summed E-state index contributed by atoms with van der Waals surface area (Å²) in [4.78, 5) is 6.76. The van der Waals surface area contributed by atoms with Crippen molar-refractivity contribution in [2.75, 3.05) is 26.7 Å². The number of halogens is 1. The van der Waals surface area contributed by atoms with Crippen molar-refractivity contribution in [2.45, 2.75) is 6.04 Å². The highest BCUT2D eigenvalue weighted by Gasteiger charge is 2.25. The molecule has 1 saturated heterocycles. The van der Waals surface area contributed by atoms with E-state index in [0.717, 1.165) is 30.9 Å². The Hall–Kier alpha value is -2.22. The van der Waals surface area contributed by atoms with E-state index >= 15 is 0 Å². The molecule has 1 aliphatic rings. The molecule has 3 heterocycles. The maximum atomic E-state index is 6.03. The van der Waals surface area contributed by atoms with Crippen LogP contribution < -0.4 is 5.32 Å². The number of nitrogens with one attached hydrogen (secondary N) is 1. The highest BCUT2D eigenvalue weighted by Crippen LogP contribution is 2.23. The van der Waals surface area contributed by atoms with E-state index in [-0.39, 0.29) is 6.04 Å². The first-order valence-corrected chi connectivity index (χ1v) is 8.14. The monoisotopic (exact) mass is 344 g/mol. The van der Waals surface area contributed by atoms with Gasteiger partial charge in [0.15, 0.2) is 5.82 Å². The fourth-order valence-corrected chi connectivity index (χ4v) is 2.96. The van der Waals surface area contributed by atoms with Crippen molar-refractivity contribution < 1.29 is 4.52 Å². The third-order valence-corrected chi connectivity index (χ3v) is 4.39. The van der Waals surface area contributed by atoms with Crippen LogP contribution in [0.5, 0.6) is 0 Å². The molecule has 0 spiro atoms. The number of rotatable bonds is 3. The number of benzene rings is 1. The van der Waals surface area contributed by atoms with E-state index in [0.29, 0.717) is 16.7 Å². The van der Waals surface area contributed by atoms with Gasteiger partial charge in [-0.2, -0.15) is 10.1 Å². The number of likely N-dealkylation sites (N-methyl/N-ethyl adjacent to an activating group) is 1. The van der Waals surface area contributed by atoms with E-state index in [4.69, 9.17) is 16.1 Å². The Bertz CT molecular complexity index is 844. The highest BCUT2D eigenvalue weighted by atomic mass is 35.5. The zero-order valence-electron chi connectivity index (χ0n) is 13.2. The summed E-state index contributed by atoms with van der Waals surface area (Å²) in [7, 11) is 2.07. The fraction of sp³-hybridized carbons (Fsp3) is 0.312. The Morgan fingerprint density at radius 1 is 1.38 bits per heavy atom. The molecular formula is C16H17ClN6O. The smallest absolute Gasteiger partial charge is 0.261 e. The van der Waals surface area contributed by atoms with Crippen LogP contribution in [-0.2, 0) is 0 Å². The van der Waals surface area contributed by atoms with Gasteiger partial charge in [-0.25, -0.2) is 4.68 Å². The molecular weight excluding hydrogens is 328 g/mol. The summed E-state index contributed by atoms with van der Waals surface area (Å²) in [6, 6.07) is 7.62. The molecule has 8 heteroatoms. The van der Waals surface area contributed by atoms with Crippen molar-refractivity contribution in [3.05, 3.63) is 47.5 Å². The highest BCUT2D eigenvalue weighted by molar-refractivity contribution is 6.30. The minimum atomic E-state index is 0.124. The van der Waals surface area contributed by atoms with Gasteiger partial charge in [0.05, 0.1) is 23.5 Å². The van der Waals surface area contributed by atoms with Gasteiger partial charge in [-0.3, -0.25) is 4.90 Å². The van der Waals surface area contributed by atoms with Gasteiger partial charge in [0.2, 0.25) is 0 Å². The SMILES string of the molecule is CN1CCNCC1c1noc(-c2cnn(-c3cccc(Cl)c3)c2)n1. The van der Waals surface area contributed by atoms with Crippen LogP contribution in [0.4, 0.5) is 0 Å². The van der Waals surface area contributed by atoms with Crippen LogP contribution in [0.1, 0.15) is 11.9 Å². The summed E-state index contributed by atoms with van der Waals surface area (Å²) in [5, 5.41) is 12.5. The van der Waals surface area contributed by atoms with Crippen molar-refractivity contribution in [3.8, 4) is 17.1 Å². The molecule has 0 radical (unpaired) electrons. The molecule has 7 nitrogen and oxygen atoms in total. The minimum Gasteiger partial charge on any atom is -0.334 e. The van der Waals surface area contributed by atoms with Crippen LogP contribution in [0.25, 0.3) is 17.1 Å². The van der Waals surface area contributed by atoms with E-state index < -0.39 is 0 Å². The van der Waals surface area contributed by atoms with Gasteiger partial charge in [-0.05, 0) is 25.2 Å². The maximum absolute atomic E-state index is 6.03. The summed E-state index contributed by atoms with van der Waals surface area (Å²) in [6.07, 6.45) is 3.56. The Balaban J connectivity index is 1.59. The van der Waals surface area contributed by atoms with Crippen LogP contribution in [0, 0.1) is 0 Å². The number of aromatic nitrogens is 4. The molecule has 1 atom stereocenters. The molecule has 1 aromatic carbocycles. The summed E-state index contributed by atoms with van der Waals surface area (Å²) in [5.74, 6) is 1.16. The van der Waals surface area contributed by atoms with Crippen LogP contribution in [-0.4, -0.2) is 51.5 Å². The fourth-order valence-electron chi connectivity index (χ4n) is 2.77. The first-order valence-electron chi connectivity index (χ1n) is 7.76. The minimum absolute atomic E-state index is 0.124. The number of hydrogen-bond acceptors (Lipinski definition) is 6. The molecule has 0 saturated carbocycles. The Kier molecular flexibility index (Phi) is 4.05. The topological polar surface area (TPSA) is 72.0 Å². The van der Waals surface area contributed by atoms with Crippen molar-refractivity contribution in [2.24, 2.45) is 0 Å². The average molecular weight is 345 g/mol. The Morgan fingerprint density at radius 2 is 2.29 bits per heavy atom. The zero-order valence-corrected chi connectivity index (χ0v) is 13.9. The number of piperazine rings is 1. The standard InChI is InChI=1S/C16H17ClN6O/c1-22-6-5-18-9-14(22)15-20-16(24-21-15)11-8-19-23(10-11)13-4-2-3-12(17)7-13/h2-4,7-8,10,14,18H,5-6,9H2,1H3. The van der Waals surface area contributed by atoms with E-state index in [1.54, 1.807) is 10.9 Å². The zero-order chi connectivity index (χ0) is 16.5. The predicted octanol–water partition coefficient (Wildman–Crippen LogP) is 2.15. The first-order chi connectivity index (χ1) is 11.7. The molecule has 1 N–H and O–H groups in total. The van der Waals surface area contributed by atoms with Gasteiger partial charge < -0.3 is 9.84 Å². The van der Waals surface area contributed by atoms with Crippen molar-refractivity contribution in [1.82, 2.24) is 30.1 Å². The van der Waals surface area contributed by atoms with Gasteiger partial charge in [-0.15, -0.1) is 0 Å². The first kappa shape index (κ1) is 15.3. The van der Waals surface area contributed by atoms with Crippen molar-refractivity contribution >= 4 is 11.6 Å². The largest absolute Gasteiger partial charge is 0.334 e. The molecule has 2 aromatic heterocycles. The maximum Gasteiger partial charge on any atom is 0.261 e. The van der Waals surface area contributed by atoms with E-state index in [1.165, 1.54) is 0 Å². The molecule has 0 amide bonds. The van der Waals surface area contributed by atoms with Crippen LogP contribution >= 0.6 is 11.6 Å². The number of hydrogen-bond donors (Lipinski definition) is 1. The van der Waals surface area contributed by atoms with Crippen molar-refractivity contribution in [1.29, 1.82) is 0 Å². The van der Waals surface area contributed by atoms with Gasteiger partial charge in [0.1, 0.15) is 0 Å². The Labute approximate surface area is 144 Å². The summed E-state index contributed by atoms with van der Waals surface area (Å²) in [5.41, 5.74) is 1.66. The van der Waals surface area contributed by atoms with Crippen LogP contribution in [0.15, 0.2) is 41.2 Å². The molecule has 1 unspecified atom stereocenters. The lowest BCUT2D eigenvalue weighted by atomic mass is 10.2. The van der Waals surface area contributed by atoms with Crippen molar-refractivity contribution in [3.63, 3.8) is 0 Å².